The predicted octanol–water partition coefficient (Wildman–Crippen LogP) is 2.12. The molecule has 2 unspecified atom stereocenters. The molecule has 1 nitrogen and oxygen atoms in total. The number of piperidine rings is 1. The van der Waals surface area contributed by atoms with Crippen molar-refractivity contribution in [2.24, 2.45) is 5.41 Å². The van der Waals surface area contributed by atoms with Gasteiger partial charge < -0.3 is 5.32 Å². The molecule has 0 radical (unpaired) electrons. The van der Waals surface area contributed by atoms with Gasteiger partial charge in [0.15, 0.2) is 0 Å². The summed E-state index contributed by atoms with van der Waals surface area (Å²) in [5.41, 5.74) is 0.199. The molecule has 1 rings (SSSR count). The number of hydrogen-bond donors (Lipinski definition) is 1. The van der Waals surface area contributed by atoms with Gasteiger partial charge in [0, 0.05) is 6.04 Å². The van der Waals surface area contributed by atoms with Gasteiger partial charge in [-0.3, -0.25) is 0 Å². The van der Waals surface area contributed by atoms with Crippen LogP contribution >= 0.6 is 0 Å². The topological polar surface area (TPSA) is 12.0 Å². The maximum Gasteiger partial charge on any atom is 0.103 e. The van der Waals surface area contributed by atoms with Crippen LogP contribution in [0.2, 0.25) is 0 Å². The normalized spacial score (nSPS) is 33.8. The fourth-order valence-electron chi connectivity index (χ4n) is 1.53. The molecular weight excluding hydrogens is 141 g/mol. The molecule has 0 aromatic rings. The summed E-state index contributed by atoms with van der Waals surface area (Å²) in [7, 11) is 0. The standard InChI is InChI=1S/C9H18FN/c1-9(2,3)8-6-7(10)4-5-11-8/h7-8,11H,4-6H2,1-3H3. The number of rotatable bonds is 0. The molecule has 66 valence electrons. The van der Waals surface area contributed by atoms with E-state index in [2.05, 4.69) is 26.1 Å². The van der Waals surface area contributed by atoms with Crippen LogP contribution in [0.5, 0.6) is 0 Å². The van der Waals surface area contributed by atoms with Gasteiger partial charge in [-0.25, -0.2) is 4.39 Å². The van der Waals surface area contributed by atoms with Gasteiger partial charge in [0.2, 0.25) is 0 Å². The maximum absolute atomic E-state index is 12.9. The molecule has 1 N–H and O–H groups in total. The lowest BCUT2D eigenvalue weighted by molar-refractivity contribution is 0.152. The van der Waals surface area contributed by atoms with Gasteiger partial charge in [-0.05, 0) is 24.8 Å². The lowest BCUT2D eigenvalue weighted by Crippen LogP contribution is -2.46. The van der Waals surface area contributed by atoms with E-state index in [4.69, 9.17) is 0 Å². The second-order valence-corrected chi connectivity index (χ2v) is 4.49. The SMILES string of the molecule is CC(C)(C)C1CC(F)CCN1. The van der Waals surface area contributed by atoms with Crippen LogP contribution in [0.3, 0.4) is 0 Å². The van der Waals surface area contributed by atoms with Crippen LogP contribution < -0.4 is 5.32 Å². The van der Waals surface area contributed by atoms with E-state index in [0.29, 0.717) is 18.9 Å². The largest absolute Gasteiger partial charge is 0.313 e. The molecule has 1 saturated heterocycles. The van der Waals surface area contributed by atoms with E-state index in [1.807, 2.05) is 0 Å². The van der Waals surface area contributed by atoms with Crippen LogP contribution in [0, 0.1) is 5.41 Å². The van der Waals surface area contributed by atoms with E-state index in [9.17, 15) is 4.39 Å². The summed E-state index contributed by atoms with van der Waals surface area (Å²) >= 11 is 0. The Morgan fingerprint density at radius 3 is 2.36 bits per heavy atom. The van der Waals surface area contributed by atoms with E-state index >= 15 is 0 Å². The van der Waals surface area contributed by atoms with Crippen molar-refractivity contribution in [3.05, 3.63) is 0 Å². The highest BCUT2D eigenvalue weighted by Gasteiger charge is 2.29. The second-order valence-electron chi connectivity index (χ2n) is 4.49. The van der Waals surface area contributed by atoms with Crippen molar-refractivity contribution in [3.8, 4) is 0 Å². The van der Waals surface area contributed by atoms with Gasteiger partial charge >= 0.3 is 0 Å². The van der Waals surface area contributed by atoms with Crippen LogP contribution in [0.25, 0.3) is 0 Å². The van der Waals surface area contributed by atoms with Crippen LogP contribution in [-0.2, 0) is 0 Å². The van der Waals surface area contributed by atoms with Crippen LogP contribution in [-0.4, -0.2) is 18.8 Å². The first-order valence-electron chi connectivity index (χ1n) is 4.37. The average Bonchev–Trinajstić information content (AvgIpc) is 1.86. The van der Waals surface area contributed by atoms with Crippen molar-refractivity contribution >= 4 is 0 Å². The van der Waals surface area contributed by atoms with Gasteiger partial charge in [-0.1, -0.05) is 20.8 Å². The van der Waals surface area contributed by atoms with Crippen molar-refractivity contribution in [1.29, 1.82) is 0 Å². The Hall–Kier alpha value is -0.110. The van der Waals surface area contributed by atoms with Crippen LogP contribution in [0.1, 0.15) is 33.6 Å². The van der Waals surface area contributed by atoms with Crippen molar-refractivity contribution in [1.82, 2.24) is 5.32 Å². The molecule has 0 spiro atoms. The Morgan fingerprint density at radius 2 is 2.00 bits per heavy atom. The minimum atomic E-state index is -0.583. The van der Waals surface area contributed by atoms with Crippen molar-refractivity contribution in [3.63, 3.8) is 0 Å². The summed E-state index contributed by atoms with van der Waals surface area (Å²) in [5, 5.41) is 3.35. The number of hydrogen-bond acceptors (Lipinski definition) is 1. The van der Waals surface area contributed by atoms with Crippen molar-refractivity contribution in [2.75, 3.05) is 6.54 Å². The highest BCUT2D eigenvalue weighted by molar-refractivity contribution is 4.86. The van der Waals surface area contributed by atoms with Gasteiger partial charge in [-0.2, -0.15) is 0 Å². The molecule has 0 aromatic carbocycles. The first-order valence-corrected chi connectivity index (χ1v) is 4.37. The van der Waals surface area contributed by atoms with Gasteiger partial charge in [0.05, 0.1) is 0 Å². The predicted molar refractivity (Wildman–Crippen MR) is 45.4 cm³/mol. The van der Waals surface area contributed by atoms with Crippen LogP contribution in [0.4, 0.5) is 4.39 Å². The first kappa shape index (κ1) is 8.98. The summed E-state index contributed by atoms with van der Waals surface area (Å²) in [4.78, 5) is 0. The zero-order valence-electron chi connectivity index (χ0n) is 7.65. The minimum Gasteiger partial charge on any atom is -0.313 e. The second kappa shape index (κ2) is 3.10. The quantitative estimate of drug-likeness (QED) is 0.571. The van der Waals surface area contributed by atoms with Gasteiger partial charge in [0.25, 0.3) is 0 Å². The molecule has 1 aliphatic rings. The molecule has 0 bridgehead atoms. The summed E-state index contributed by atoms with van der Waals surface area (Å²) < 4.78 is 12.9. The third-order valence-electron chi connectivity index (χ3n) is 2.39. The van der Waals surface area contributed by atoms with E-state index in [1.54, 1.807) is 0 Å². The molecule has 1 heterocycles. The Kier molecular flexibility index (Phi) is 2.53. The van der Waals surface area contributed by atoms with E-state index in [1.165, 1.54) is 0 Å². The summed E-state index contributed by atoms with van der Waals surface area (Å²) in [5.74, 6) is 0. The molecule has 2 heteroatoms. The van der Waals surface area contributed by atoms with Gasteiger partial charge in [0.1, 0.15) is 6.17 Å². The van der Waals surface area contributed by atoms with Crippen molar-refractivity contribution < 1.29 is 4.39 Å². The molecule has 1 aliphatic heterocycles. The fraction of sp³-hybridized carbons (Fsp3) is 1.00. The Bertz CT molecular complexity index is 128. The zero-order valence-corrected chi connectivity index (χ0v) is 7.65. The fourth-order valence-corrected chi connectivity index (χ4v) is 1.53. The number of alkyl halides is 1. The van der Waals surface area contributed by atoms with Crippen molar-refractivity contribution in [2.45, 2.75) is 45.8 Å². The molecule has 0 amide bonds. The molecule has 0 saturated carbocycles. The lowest BCUT2D eigenvalue weighted by Gasteiger charge is -2.36. The summed E-state index contributed by atoms with van der Waals surface area (Å²) in [6, 6.07) is 0.353. The average molecular weight is 159 g/mol. The monoisotopic (exact) mass is 159 g/mol. The highest BCUT2D eigenvalue weighted by atomic mass is 19.1. The maximum atomic E-state index is 12.9. The minimum absolute atomic E-state index is 0.199. The Balaban J connectivity index is 2.46. The Morgan fingerprint density at radius 1 is 1.36 bits per heavy atom. The molecule has 2 atom stereocenters. The molecule has 1 fully saturated rings. The summed E-state index contributed by atoms with van der Waals surface area (Å²) in [6.45, 7) is 7.30. The molecule has 0 aliphatic carbocycles. The van der Waals surface area contributed by atoms with Gasteiger partial charge in [-0.15, -0.1) is 0 Å². The smallest absolute Gasteiger partial charge is 0.103 e. The van der Waals surface area contributed by atoms with E-state index < -0.39 is 6.17 Å². The first-order chi connectivity index (χ1) is 5.00. The molecule has 11 heavy (non-hydrogen) atoms. The third-order valence-corrected chi connectivity index (χ3v) is 2.39. The van der Waals surface area contributed by atoms with E-state index in [-0.39, 0.29) is 5.41 Å². The zero-order chi connectivity index (χ0) is 8.48. The van der Waals surface area contributed by atoms with E-state index in [0.717, 1.165) is 6.54 Å². The number of halogens is 1. The highest BCUT2D eigenvalue weighted by Crippen LogP contribution is 2.26. The number of nitrogens with one attached hydrogen (secondary N) is 1. The molecule has 0 aromatic heterocycles. The third kappa shape index (κ3) is 2.44. The Labute approximate surface area is 68.4 Å². The van der Waals surface area contributed by atoms with Crippen LogP contribution in [0.15, 0.2) is 0 Å². The summed E-state index contributed by atoms with van der Waals surface area (Å²) in [6.07, 6.45) is 0.788. The molecular formula is C9H18FN. The lowest BCUT2D eigenvalue weighted by atomic mass is 9.81.